The zero-order valence-corrected chi connectivity index (χ0v) is 13.7. The topological polar surface area (TPSA) is 184 Å². The average molecular weight is 364 g/mol. The van der Waals surface area contributed by atoms with Crippen molar-refractivity contribution in [2.24, 2.45) is 5.10 Å². The first-order valence-corrected chi connectivity index (χ1v) is 7.36. The van der Waals surface area contributed by atoms with Gasteiger partial charge in [-0.15, -0.1) is 0 Å². The summed E-state index contributed by atoms with van der Waals surface area (Å²) in [5, 5.41) is 17.2. The standard InChI is InChI=1S/C13H16N8O5/c1-8(22)25-6-2-5-15-12-17-11(14)18-13(19-12)20-16-7-9-3-4-10(26-9)21(23)24/h3-4,7H,2,5-6H2,1H3,(H4,14,15,17,18,19,20)/b16-7+. The molecular formula is C13H16N8O5. The molecule has 0 radical (unpaired) electrons. The summed E-state index contributed by atoms with van der Waals surface area (Å²) < 4.78 is 9.71. The fourth-order valence-corrected chi connectivity index (χ4v) is 1.67. The lowest BCUT2D eigenvalue weighted by Crippen LogP contribution is -2.12. The molecule has 2 aromatic rings. The van der Waals surface area contributed by atoms with E-state index in [1.165, 1.54) is 25.3 Å². The summed E-state index contributed by atoms with van der Waals surface area (Å²) >= 11 is 0. The van der Waals surface area contributed by atoms with Crippen LogP contribution in [0.25, 0.3) is 0 Å². The fraction of sp³-hybridized carbons (Fsp3) is 0.308. The number of hydrogen-bond acceptors (Lipinski definition) is 12. The number of hydrogen-bond donors (Lipinski definition) is 3. The van der Waals surface area contributed by atoms with E-state index in [0.29, 0.717) is 13.0 Å². The lowest BCUT2D eigenvalue weighted by molar-refractivity contribution is -0.402. The van der Waals surface area contributed by atoms with Crippen molar-refractivity contribution in [1.82, 2.24) is 15.0 Å². The van der Waals surface area contributed by atoms with Crippen LogP contribution in [0.1, 0.15) is 19.1 Å². The van der Waals surface area contributed by atoms with Gasteiger partial charge < -0.3 is 20.2 Å². The number of anilines is 3. The van der Waals surface area contributed by atoms with E-state index in [2.05, 4.69) is 30.8 Å². The van der Waals surface area contributed by atoms with Gasteiger partial charge >= 0.3 is 11.9 Å². The maximum absolute atomic E-state index is 10.6. The van der Waals surface area contributed by atoms with Crippen LogP contribution in [-0.2, 0) is 9.53 Å². The van der Waals surface area contributed by atoms with Crippen LogP contribution in [0.5, 0.6) is 0 Å². The third-order valence-corrected chi connectivity index (χ3v) is 2.71. The molecule has 0 bridgehead atoms. The minimum Gasteiger partial charge on any atom is -0.466 e. The Morgan fingerprint density at radius 1 is 1.42 bits per heavy atom. The number of nitrogens with zero attached hydrogens (tertiary/aromatic N) is 5. The van der Waals surface area contributed by atoms with Gasteiger partial charge in [-0.25, -0.2) is 5.43 Å². The highest BCUT2D eigenvalue weighted by Crippen LogP contribution is 2.14. The van der Waals surface area contributed by atoms with Crippen molar-refractivity contribution in [3.05, 3.63) is 28.0 Å². The molecule has 0 amide bonds. The summed E-state index contributed by atoms with van der Waals surface area (Å²) in [6.07, 6.45) is 1.78. The number of carbonyl (C=O) groups excluding carboxylic acids is 1. The normalized spacial score (nSPS) is 10.7. The van der Waals surface area contributed by atoms with Gasteiger partial charge in [-0.1, -0.05) is 0 Å². The van der Waals surface area contributed by atoms with Crippen molar-refractivity contribution in [3.8, 4) is 0 Å². The number of nitrogens with one attached hydrogen (secondary N) is 2. The van der Waals surface area contributed by atoms with Gasteiger partial charge in [0.05, 0.1) is 18.9 Å². The second-order valence-corrected chi connectivity index (χ2v) is 4.76. The Morgan fingerprint density at radius 3 is 2.88 bits per heavy atom. The summed E-state index contributed by atoms with van der Waals surface area (Å²) in [6, 6.07) is 2.60. The Morgan fingerprint density at radius 2 is 2.19 bits per heavy atom. The zero-order valence-electron chi connectivity index (χ0n) is 13.7. The molecule has 13 nitrogen and oxygen atoms in total. The third-order valence-electron chi connectivity index (χ3n) is 2.71. The van der Waals surface area contributed by atoms with E-state index >= 15 is 0 Å². The van der Waals surface area contributed by atoms with Gasteiger partial charge in [0.25, 0.3) is 0 Å². The number of furan rings is 1. The first-order valence-electron chi connectivity index (χ1n) is 7.36. The third kappa shape index (κ3) is 6.03. The molecule has 0 spiro atoms. The lowest BCUT2D eigenvalue weighted by atomic mass is 10.4. The van der Waals surface area contributed by atoms with E-state index in [0.717, 1.165) is 0 Å². The molecule has 0 aliphatic carbocycles. The summed E-state index contributed by atoms with van der Waals surface area (Å²) in [4.78, 5) is 32.3. The first kappa shape index (κ1) is 18.6. The minimum atomic E-state index is -0.656. The van der Waals surface area contributed by atoms with Gasteiger partial charge in [0.1, 0.15) is 4.92 Å². The van der Waals surface area contributed by atoms with Crippen LogP contribution in [0, 0.1) is 10.1 Å². The number of rotatable bonds is 9. The number of esters is 1. The number of carbonyl (C=O) groups is 1. The fourth-order valence-electron chi connectivity index (χ4n) is 1.67. The van der Waals surface area contributed by atoms with Gasteiger partial charge in [0, 0.05) is 13.5 Å². The van der Waals surface area contributed by atoms with Crippen molar-refractivity contribution >= 4 is 35.9 Å². The summed E-state index contributed by atoms with van der Waals surface area (Å²) in [5.74, 6) is -0.315. The Bertz CT molecular complexity index is 806. The monoisotopic (exact) mass is 364 g/mol. The molecule has 0 fully saturated rings. The largest absolute Gasteiger partial charge is 0.466 e. The minimum absolute atomic E-state index is 0.0335. The molecule has 26 heavy (non-hydrogen) atoms. The van der Waals surface area contributed by atoms with E-state index in [9.17, 15) is 14.9 Å². The second kappa shape index (κ2) is 8.91. The molecular weight excluding hydrogens is 348 g/mol. The average Bonchev–Trinajstić information content (AvgIpc) is 3.03. The predicted molar refractivity (Wildman–Crippen MR) is 90.6 cm³/mol. The molecule has 138 valence electrons. The second-order valence-electron chi connectivity index (χ2n) is 4.76. The molecule has 2 rings (SSSR count). The molecule has 2 aromatic heterocycles. The lowest BCUT2D eigenvalue weighted by Gasteiger charge is -2.06. The first-order chi connectivity index (χ1) is 12.4. The highest BCUT2D eigenvalue weighted by molar-refractivity contribution is 5.76. The Balaban J connectivity index is 1.88. The van der Waals surface area contributed by atoms with Crippen molar-refractivity contribution in [2.75, 3.05) is 29.6 Å². The maximum Gasteiger partial charge on any atom is 0.433 e. The van der Waals surface area contributed by atoms with Crippen molar-refractivity contribution in [1.29, 1.82) is 0 Å². The number of nitrogen functional groups attached to an aromatic ring is 1. The highest BCUT2D eigenvalue weighted by Gasteiger charge is 2.10. The number of aromatic nitrogens is 3. The molecule has 0 unspecified atom stereocenters. The summed E-state index contributed by atoms with van der Waals surface area (Å²) in [5.41, 5.74) is 8.11. The highest BCUT2D eigenvalue weighted by atomic mass is 16.6. The van der Waals surface area contributed by atoms with Crippen LogP contribution < -0.4 is 16.5 Å². The smallest absolute Gasteiger partial charge is 0.433 e. The number of nitrogens with two attached hydrogens (primary N) is 1. The van der Waals surface area contributed by atoms with Crippen LogP contribution in [0.15, 0.2) is 21.7 Å². The Kier molecular flexibility index (Phi) is 6.36. The molecule has 0 aliphatic rings. The summed E-state index contributed by atoms with van der Waals surface area (Å²) in [6.45, 7) is 2.06. The van der Waals surface area contributed by atoms with Gasteiger partial charge in [0.15, 0.2) is 5.76 Å². The van der Waals surface area contributed by atoms with Crippen molar-refractivity contribution in [2.45, 2.75) is 13.3 Å². The molecule has 0 aromatic carbocycles. The van der Waals surface area contributed by atoms with Gasteiger partial charge in [-0.2, -0.15) is 20.1 Å². The van der Waals surface area contributed by atoms with Crippen LogP contribution in [-0.4, -0.2) is 45.2 Å². The summed E-state index contributed by atoms with van der Waals surface area (Å²) in [7, 11) is 0. The molecule has 0 saturated heterocycles. The Labute approximate surface area is 146 Å². The van der Waals surface area contributed by atoms with Crippen molar-refractivity contribution in [3.63, 3.8) is 0 Å². The zero-order chi connectivity index (χ0) is 18.9. The van der Waals surface area contributed by atoms with E-state index in [4.69, 9.17) is 14.9 Å². The number of nitro groups is 1. The molecule has 0 aliphatic heterocycles. The van der Waals surface area contributed by atoms with E-state index in [1.54, 1.807) is 0 Å². The molecule has 2 heterocycles. The molecule has 0 saturated carbocycles. The SMILES string of the molecule is CC(=O)OCCCNc1nc(N)nc(N/N=C/c2ccc([N+](=O)[O-])o2)n1. The van der Waals surface area contributed by atoms with E-state index in [-0.39, 0.29) is 36.2 Å². The molecule has 0 atom stereocenters. The van der Waals surface area contributed by atoms with Crippen LogP contribution in [0.2, 0.25) is 0 Å². The van der Waals surface area contributed by atoms with E-state index < -0.39 is 10.8 Å². The number of hydrazone groups is 1. The van der Waals surface area contributed by atoms with Gasteiger partial charge in [0.2, 0.25) is 17.8 Å². The molecule has 13 heteroatoms. The van der Waals surface area contributed by atoms with Crippen LogP contribution >= 0.6 is 0 Å². The Hall–Kier alpha value is -3.77. The van der Waals surface area contributed by atoms with Crippen LogP contribution in [0.3, 0.4) is 0 Å². The molecule has 4 N–H and O–H groups in total. The maximum atomic E-state index is 10.6. The van der Waals surface area contributed by atoms with Gasteiger partial charge in [-0.05, 0) is 12.5 Å². The van der Waals surface area contributed by atoms with Crippen molar-refractivity contribution < 1.29 is 18.9 Å². The van der Waals surface area contributed by atoms with Gasteiger partial charge in [-0.3, -0.25) is 14.9 Å². The van der Waals surface area contributed by atoms with E-state index in [1.807, 2.05) is 0 Å². The quantitative estimate of drug-likeness (QED) is 0.188. The van der Waals surface area contributed by atoms with Crippen LogP contribution in [0.4, 0.5) is 23.7 Å². The number of ether oxygens (including phenoxy) is 1. The predicted octanol–water partition coefficient (Wildman–Crippen LogP) is 0.766.